The Kier molecular flexibility index (Phi) is 2.91. The SMILES string of the molecule is COC(=O)[C@H]1CC[C@@]12O[C@@H](OC)C1OC(C)(C)O[C@H]12. The second kappa shape index (κ2) is 4.15. The molecule has 3 rings (SSSR count). The van der Waals surface area contributed by atoms with E-state index in [1.807, 2.05) is 13.8 Å². The van der Waals surface area contributed by atoms with Crippen LogP contribution in [0.25, 0.3) is 0 Å². The van der Waals surface area contributed by atoms with Crippen molar-refractivity contribution in [1.29, 1.82) is 0 Å². The molecule has 108 valence electrons. The molecule has 0 aromatic heterocycles. The molecule has 2 heterocycles. The fourth-order valence-electron chi connectivity index (χ4n) is 3.41. The predicted molar refractivity (Wildman–Crippen MR) is 63.2 cm³/mol. The number of carbonyl (C=O) groups excluding carboxylic acids is 1. The molecule has 0 aromatic carbocycles. The number of hydrogen-bond acceptors (Lipinski definition) is 6. The van der Waals surface area contributed by atoms with Gasteiger partial charge in [-0.05, 0) is 26.7 Å². The molecule has 0 amide bonds. The molecule has 0 radical (unpaired) electrons. The normalized spacial score (nSPS) is 46.9. The van der Waals surface area contributed by atoms with E-state index in [0.717, 1.165) is 12.8 Å². The molecule has 6 nitrogen and oxygen atoms in total. The molecule has 2 aliphatic heterocycles. The molecule has 6 heteroatoms. The molecule has 1 unspecified atom stereocenters. The summed E-state index contributed by atoms with van der Waals surface area (Å²) in [4.78, 5) is 11.9. The van der Waals surface area contributed by atoms with E-state index in [2.05, 4.69) is 0 Å². The van der Waals surface area contributed by atoms with Crippen molar-refractivity contribution in [3.05, 3.63) is 0 Å². The average Bonchev–Trinajstić information content (AvgIpc) is 2.79. The van der Waals surface area contributed by atoms with Crippen LogP contribution in [-0.4, -0.2) is 50.1 Å². The summed E-state index contributed by atoms with van der Waals surface area (Å²) in [5.74, 6) is -1.24. The van der Waals surface area contributed by atoms with Crippen molar-refractivity contribution < 1.29 is 28.5 Å². The third-order valence-corrected chi connectivity index (χ3v) is 4.35. The standard InChI is InChI=1S/C13H20O6/c1-12(2)17-8-9(18-12)13(19-11(8)16-4)6-5-7(13)10(14)15-3/h7-9,11H,5-6H2,1-4H3/t7-,8?,9-,11-,13-/m1/s1. The van der Waals surface area contributed by atoms with Gasteiger partial charge in [-0.1, -0.05) is 0 Å². The van der Waals surface area contributed by atoms with Gasteiger partial charge >= 0.3 is 5.97 Å². The van der Waals surface area contributed by atoms with E-state index < -0.39 is 17.7 Å². The van der Waals surface area contributed by atoms with Crippen LogP contribution in [0.15, 0.2) is 0 Å². The lowest BCUT2D eigenvalue weighted by molar-refractivity contribution is -0.279. The number of esters is 1. The summed E-state index contributed by atoms with van der Waals surface area (Å²) >= 11 is 0. The second-order valence-corrected chi connectivity index (χ2v) is 5.81. The molecule has 0 N–H and O–H groups in total. The minimum absolute atomic E-state index is 0.255. The van der Waals surface area contributed by atoms with Crippen LogP contribution in [0, 0.1) is 5.92 Å². The molecule has 0 bridgehead atoms. The van der Waals surface area contributed by atoms with Crippen molar-refractivity contribution in [3.63, 3.8) is 0 Å². The minimum Gasteiger partial charge on any atom is -0.469 e. The second-order valence-electron chi connectivity index (χ2n) is 5.81. The van der Waals surface area contributed by atoms with Crippen molar-refractivity contribution in [3.8, 4) is 0 Å². The Labute approximate surface area is 112 Å². The Bertz CT molecular complexity index is 395. The van der Waals surface area contributed by atoms with Crippen LogP contribution >= 0.6 is 0 Å². The molecule has 3 aliphatic rings. The highest BCUT2D eigenvalue weighted by atomic mass is 16.8. The van der Waals surface area contributed by atoms with Gasteiger partial charge in [-0.3, -0.25) is 4.79 Å². The summed E-state index contributed by atoms with van der Waals surface area (Å²) in [7, 11) is 2.96. The monoisotopic (exact) mass is 272 g/mol. The van der Waals surface area contributed by atoms with Crippen LogP contribution in [0.4, 0.5) is 0 Å². The maximum Gasteiger partial charge on any atom is 0.311 e. The Morgan fingerprint density at radius 3 is 2.47 bits per heavy atom. The summed E-state index contributed by atoms with van der Waals surface area (Å²) in [6.45, 7) is 3.72. The first kappa shape index (κ1) is 13.3. The van der Waals surface area contributed by atoms with Crippen LogP contribution in [-0.2, 0) is 28.5 Å². The molecule has 3 fully saturated rings. The quantitative estimate of drug-likeness (QED) is 0.694. The number of ether oxygens (including phenoxy) is 5. The third kappa shape index (κ3) is 1.74. The van der Waals surface area contributed by atoms with Crippen LogP contribution < -0.4 is 0 Å². The summed E-state index contributed by atoms with van der Waals surface area (Å²) in [5.41, 5.74) is -0.661. The van der Waals surface area contributed by atoms with Gasteiger partial charge in [-0.15, -0.1) is 0 Å². The fraction of sp³-hybridized carbons (Fsp3) is 0.923. The van der Waals surface area contributed by atoms with Gasteiger partial charge in [-0.2, -0.15) is 0 Å². The third-order valence-electron chi connectivity index (χ3n) is 4.35. The zero-order valence-corrected chi connectivity index (χ0v) is 11.7. The first-order valence-electron chi connectivity index (χ1n) is 6.57. The molecule has 0 aromatic rings. The van der Waals surface area contributed by atoms with Crippen molar-refractivity contribution in [1.82, 2.24) is 0 Å². The van der Waals surface area contributed by atoms with Crippen LogP contribution in [0.2, 0.25) is 0 Å². The highest BCUT2D eigenvalue weighted by molar-refractivity contribution is 5.75. The zero-order valence-electron chi connectivity index (χ0n) is 11.7. The lowest BCUT2D eigenvalue weighted by Crippen LogP contribution is -2.59. The van der Waals surface area contributed by atoms with E-state index in [0.29, 0.717) is 0 Å². The first-order chi connectivity index (χ1) is 8.93. The van der Waals surface area contributed by atoms with Crippen molar-refractivity contribution in [2.45, 2.75) is 56.6 Å². The maximum absolute atomic E-state index is 11.9. The van der Waals surface area contributed by atoms with Gasteiger partial charge in [0.05, 0.1) is 13.0 Å². The van der Waals surface area contributed by atoms with E-state index in [1.54, 1.807) is 7.11 Å². The van der Waals surface area contributed by atoms with E-state index in [-0.39, 0.29) is 24.1 Å². The fourth-order valence-corrected chi connectivity index (χ4v) is 3.41. The smallest absolute Gasteiger partial charge is 0.311 e. The molecule has 19 heavy (non-hydrogen) atoms. The van der Waals surface area contributed by atoms with Gasteiger partial charge in [0.2, 0.25) is 0 Å². The summed E-state index contributed by atoms with van der Waals surface area (Å²) in [6, 6.07) is 0. The van der Waals surface area contributed by atoms with Crippen LogP contribution in [0.1, 0.15) is 26.7 Å². The largest absolute Gasteiger partial charge is 0.469 e. The topological polar surface area (TPSA) is 63.2 Å². The molecule has 1 saturated carbocycles. The number of carbonyl (C=O) groups is 1. The van der Waals surface area contributed by atoms with Gasteiger partial charge in [0.1, 0.15) is 17.8 Å². The first-order valence-corrected chi connectivity index (χ1v) is 6.57. The number of hydrogen-bond donors (Lipinski definition) is 0. The molecule has 1 aliphatic carbocycles. The Morgan fingerprint density at radius 1 is 1.21 bits per heavy atom. The van der Waals surface area contributed by atoms with E-state index in [9.17, 15) is 4.79 Å². The highest BCUT2D eigenvalue weighted by Crippen LogP contribution is 2.56. The van der Waals surface area contributed by atoms with Gasteiger partial charge in [0, 0.05) is 7.11 Å². The van der Waals surface area contributed by atoms with Crippen molar-refractivity contribution >= 4 is 5.97 Å². The van der Waals surface area contributed by atoms with Gasteiger partial charge < -0.3 is 23.7 Å². The van der Waals surface area contributed by atoms with E-state index in [4.69, 9.17) is 23.7 Å². The summed E-state index contributed by atoms with van der Waals surface area (Å²) < 4.78 is 27.9. The average molecular weight is 272 g/mol. The van der Waals surface area contributed by atoms with Crippen LogP contribution in [0.5, 0.6) is 0 Å². The van der Waals surface area contributed by atoms with E-state index >= 15 is 0 Å². The molecular formula is C13H20O6. The number of rotatable bonds is 2. The van der Waals surface area contributed by atoms with Gasteiger partial charge in [0.15, 0.2) is 12.1 Å². The van der Waals surface area contributed by atoms with Gasteiger partial charge in [0.25, 0.3) is 0 Å². The van der Waals surface area contributed by atoms with Crippen molar-refractivity contribution in [2.24, 2.45) is 5.92 Å². The highest BCUT2D eigenvalue weighted by Gasteiger charge is 2.70. The molecule has 2 saturated heterocycles. The molecule has 1 spiro atoms. The molecular weight excluding hydrogens is 252 g/mol. The summed E-state index contributed by atoms with van der Waals surface area (Å²) in [6.07, 6.45) is 0.417. The maximum atomic E-state index is 11.9. The zero-order chi connectivity index (χ0) is 13.8. The Balaban J connectivity index is 1.89. The lowest BCUT2D eigenvalue weighted by atomic mass is 9.66. The Hall–Kier alpha value is -0.690. The van der Waals surface area contributed by atoms with Crippen LogP contribution in [0.3, 0.4) is 0 Å². The van der Waals surface area contributed by atoms with Crippen molar-refractivity contribution in [2.75, 3.05) is 14.2 Å². The summed E-state index contributed by atoms with van der Waals surface area (Å²) in [5, 5.41) is 0. The number of fused-ring (bicyclic) bond motifs is 2. The minimum atomic E-state index is -0.681. The van der Waals surface area contributed by atoms with E-state index in [1.165, 1.54) is 7.11 Å². The number of methoxy groups -OCH3 is 2. The molecule has 5 atom stereocenters. The lowest BCUT2D eigenvalue weighted by Gasteiger charge is -2.47. The predicted octanol–water partition coefficient (Wildman–Crippen LogP) is 0.831. The Morgan fingerprint density at radius 2 is 1.95 bits per heavy atom. The van der Waals surface area contributed by atoms with Gasteiger partial charge in [-0.25, -0.2) is 0 Å².